The Kier molecular flexibility index (Phi) is 5.18. The second-order valence-electron chi connectivity index (χ2n) is 5.93. The minimum absolute atomic E-state index is 0.0152. The zero-order valence-corrected chi connectivity index (χ0v) is 13.0. The van der Waals surface area contributed by atoms with Crippen LogP contribution in [0.1, 0.15) is 39.5 Å². The molecule has 114 valence electrons. The van der Waals surface area contributed by atoms with E-state index in [4.69, 9.17) is 0 Å². The first-order chi connectivity index (χ1) is 9.52. The zero-order valence-electron chi connectivity index (χ0n) is 12.2. The highest BCUT2D eigenvalue weighted by Gasteiger charge is 2.40. The van der Waals surface area contributed by atoms with Crippen LogP contribution in [0, 0.1) is 11.8 Å². The number of aliphatic carboxylic acids is 1. The van der Waals surface area contributed by atoms with E-state index in [0.717, 1.165) is 25.2 Å². The van der Waals surface area contributed by atoms with Gasteiger partial charge in [0.15, 0.2) is 0 Å². The molecule has 0 radical (unpaired) electrons. The SMILES string of the molecule is CCC1SCC(C(=O)O)N1C(=O)NCC1CCC(C)C1. The van der Waals surface area contributed by atoms with E-state index in [1.807, 2.05) is 6.92 Å². The Balaban J connectivity index is 1.90. The second-order valence-corrected chi connectivity index (χ2v) is 7.14. The molecule has 0 aromatic heterocycles. The first-order valence-corrected chi connectivity index (χ1v) is 8.48. The molecule has 0 bridgehead atoms. The van der Waals surface area contributed by atoms with Crippen molar-refractivity contribution >= 4 is 23.8 Å². The van der Waals surface area contributed by atoms with Gasteiger partial charge in [-0.3, -0.25) is 4.90 Å². The summed E-state index contributed by atoms with van der Waals surface area (Å²) in [6, 6.07) is -0.902. The Hall–Kier alpha value is -0.910. The van der Waals surface area contributed by atoms with Crippen molar-refractivity contribution in [3.8, 4) is 0 Å². The number of carbonyl (C=O) groups excluding carboxylic acids is 1. The van der Waals surface area contributed by atoms with Crippen molar-refractivity contribution in [2.24, 2.45) is 11.8 Å². The van der Waals surface area contributed by atoms with E-state index in [2.05, 4.69) is 12.2 Å². The number of nitrogens with one attached hydrogen (secondary N) is 1. The second kappa shape index (κ2) is 6.70. The fraction of sp³-hybridized carbons (Fsp3) is 0.857. The third-order valence-electron chi connectivity index (χ3n) is 4.31. The molecule has 2 amide bonds. The van der Waals surface area contributed by atoms with E-state index in [9.17, 15) is 14.7 Å². The fourth-order valence-electron chi connectivity index (χ4n) is 3.17. The molecule has 6 heteroatoms. The van der Waals surface area contributed by atoms with Crippen LogP contribution >= 0.6 is 11.8 Å². The highest BCUT2D eigenvalue weighted by Crippen LogP contribution is 2.32. The molecule has 1 saturated heterocycles. The number of hydrogen-bond acceptors (Lipinski definition) is 3. The monoisotopic (exact) mass is 300 g/mol. The molecule has 5 nitrogen and oxygen atoms in total. The van der Waals surface area contributed by atoms with E-state index in [1.54, 1.807) is 11.8 Å². The molecule has 1 saturated carbocycles. The van der Waals surface area contributed by atoms with Crippen LogP contribution in [-0.2, 0) is 4.79 Å². The predicted molar refractivity (Wildman–Crippen MR) is 79.7 cm³/mol. The highest BCUT2D eigenvalue weighted by molar-refractivity contribution is 8.00. The smallest absolute Gasteiger partial charge is 0.327 e. The van der Waals surface area contributed by atoms with Gasteiger partial charge in [-0.05, 0) is 31.1 Å². The molecule has 1 aliphatic heterocycles. The lowest BCUT2D eigenvalue weighted by Gasteiger charge is -2.27. The van der Waals surface area contributed by atoms with Gasteiger partial charge in [0.05, 0.1) is 5.37 Å². The van der Waals surface area contributed by atoms with Crippen LogP contribution in [0.15, 0.2) is 0 Å². The molecule has 2 rings (SSSR count). The van der Waals surface area contributed by atoms with Crippen LogP contribution in [0.5, 0.6) is 0 Å². The van der Waals surface area contributed by atoms with Crippen LogP contribution in [-0.4, -0.2) is 45.7 Å². The summed E-state index contributed by atoms with van der Waals surface area (Å²) < 4.78 is 0. The molecular formula is C14H24N2O3S. The van der Waals surface area contributed by atoms with Crippen molar-refractivity contribution in [3.63, 3.8) is 0 Å². The summed E-state index contributed by atoms with van der Waals surface area (Å²) in [7, 11) is 0. The average Bonchev–Trinajstić information content (AvgIpc) is 3.01. The lowest BCUT2D eigenvalue weighted by Crippen LogP contribution is -2.50. The molecule has 1 heterocycles. The fourth-order valence-corrected chi connectivity index (χ4v) is 4.52. The first kappa shape index (κ1) is 15.5. The van der Waals surface area contributed by atoms with Gasteiger partial charge < -0.3 is 10.4 Å². The Labute approximate surface area is 124 Å². The van der Waals surface area contributed by atoms with Gasteiger partial charge in [0.1, 0.15) is 6.04 Å². The third kappa shape index (κ3) is 3.40. The molecule has 2 aliphatic rings. The molecule has 20 heavy (non-hydrogen) atoms. The van der Waals surface area contributed by atoms with Crippen molar-refractivity contribution in [3.05, 3.63) is 0 Å². The molecule has 1 aliphatic carbocycles. The van der Waals surface area contributed by atoms with Crippen LogP contribution in [0.25, 0.3) is 0 Å². The molecule has 0 aromatic rings. The van der Waals surface area contributed by atoms with Crippen LogP contribution in [0.4, 0.5) is 4.79 Å². The molecule has 4 atom stereocenters. The van der Waals surface area contributed by atoms with Crippen LogP contribution in [0.2, 0.25) is 0 Å². The number of nitrogens with zero attached hydrogens (tertiary/aromatic N) is 1. The molecule has 2 N–H and O–H groups in total. The number of carboxylic acids is 1. The number of carbonyl (C=O) groups is 2. The van der Waals surface area contributed by atoms with Gasteiger partial charge in [-0.1, -0.05) is 20.3 Å². The van der Waals surface area contributed by atoms with Gasteiger partial charge in [-0.25, -0.2) is 9.59 Å². The van der Waals surface area contributed by atoms with Gasteiger partial charge in [0.2, 0.25) is 0 Å². The predicted octanol–water partition coefficient (Wildman–Crippen LogP) is 2.37. The standard InChI is InChI=1S/C14H24N2O3S/c1-3-12-16(11(8-20-12)13(17)18)14(19)15-7-10-5-4-9(2)6-10/h9-12H,3-8H2,1-2H3,(H,15,19)(H,17,18). The minimum Gasteiger partial charge on any atom is -0.480 e. The maximum absolute atomic E-state index is 12.3. The van der Waals surface area contributed by atoms with E-state index < -0.39 is 12.0 Å². The van der Waals surface area contributed by atoms with Gasteiger partial charge in [-0.15, -0.1) is 11.8 Å². The summed E-state index contributed by atoms with van der Waals surface area (Å²) in [5, 5.41) is 12.2. The normalized spacial score (nSPS) is 33.4. The van der Waals surface area contributed by atoms with Crippen LogP contribution < -0.4 is 5.32 Å². The van der Waals surface area contributed by atoms with Crippen molar-refractivity contribution in [2.75, 3.05) is 12.3 Å². The summed E-state index contributed by atoms with van der Waals surface area (Å²) in [5.41, 5.74) is 0. The van der Waals surface area contributed by atoms with Crippen molar-refractivity contribution < 1.29 is 14.7 Å². The van der Waals surface area contributed by atoms with Crippen molar-refractivity contribution in [2.45, 2.75) is 50.9 Å². The topological polar surface area (TPSA) is 69.6 Å². The largest absolute Gasteiger partial charge is 0.480 e. The van der Waals surface area contributed by atoms with Crippen molar-refractivity contribution in [1.82, 2.24) is 10.2 Å². The summed E-state index contributed by atoms with van der Waals surface area (Å²) in [5.74, 6) is 0.877. The zero-order chi connectivity index (χ0) is 14.7. The maximum Gasteiger partial charge on any atom is 0.327 e. The summed E-state index contributed by atoms with van der Waals surface area (Å²) >= 11 is 1.56. The van der Waals surface area contributed by atoms with Crippen LogP contribution in [0.3, 0.4) is 0 Å². The number of carboxylic acid groups (broad SMARTS) is 1. The van der Waals surface area contributed by atoms with E-state index in [0.29, 0.717) is 18.2 Å². The quantitative estimate of drug-likeness (QED) is 0.836. The van der Waals surface area contributed by atoms with Gasteiger partial charge >= 0.3 is 12.0 Å². The van der Waals surface area contributed by atoms with E-state index >= 15 is 0 Å². The lowest BCUT2D eigenvalue weighted by atomic mass is 10.1. The number of amides is 2. The number of rotatable bonds is 4. The average molecular weight is 300 g/mol. The number of thioether (sulfide) groups is 1. The molecule has 4 unspecified atom stereocenters. The number of urea groups is 1. The third-order valence-corrected chi connectivity index (χ3v) is 5.76. The van der Waals surface area contributed by atoms with E-state index in [1.165, 1.54) is 11.3 Å². The van der Waals surface area contributed by atoms with E-state index in [-0.39, 0.29) is 11.4 Å². The summed E-state index contributed by atoms with van der Waals surface area (Å²) in [4.78, 5) is 25.1. The maximum atomic E-state index is 12.3. The van der Waals surface area contributed by atoms with Gasteiger partial charge in [0, 0.05) is 12.3 Å². The first-order valence-electron chi connectivity index (χ1n) is 7.43. The minimum atomic E-state index is -0.905. The highest BCUT2D eigenvalue weighted by atomic mass is 32.2. The Morgan fingerprint density at radius 1 is 1.40 bits per heavy atom. The molecular weight excluding hydrogens is 276 g/mol. The Morgan fingerprint density at radius 3 is 2.70 bits per heavy atom. The Morgan fingerprint density at radius 2 is 2.15 bits per heavy atom. The van der Waals surface area contributed by atoms with Gasteiger partial charge in [-0.2, -0.15) is 0 Å². The Bertz CT molecular complexity index is 377. The molecule has 0 spiro atoms. The molecule has 2 fully saturated rings. The summed E-state index contributed by atoms with van der Waals surface area (Å²) in [6.45, 7) is 4.90. The summed E-state index contributed by atoms with van der Waals surface area (Å²) in [6.07, 6.45) is 4.34. The number of hydrogen-bond donors (Lipinski definition) is 2. The van der Waals surface area contributed by atoms with Crippen molar-refractivity contribution in [1.29, 1.82) is 0 Å². The van der Waals surface area contributed by atoms with Gasteiger partial charge in [0.25, 0.3) is 0 Å². The lowest BCUT2D eigenvalue weighted by molar-refractivity contribution is -0.141. The molecule has 0 aromatic carbocycles.